The lowest BCUT2D eigenvalue weighted by molar-refractivity contribution is -0.149. The Morgan fingerprint density at radius 2 is 2.23 bits per heavy atom. The van der Waals surface area contributed by atoms with Crippen LogP contribution in [-0.2, 0) is 4.79 Å². The zero-order valence-electron chi connectivity index (χ0n) is 12.3. The molecule has 22 heavy (non-hydrogen) atoms. The van der Waals surface area contributed by atoms with Crippen LogP contribution >= 0.6 is 0 Å². The number of amides is 1. The van der Waals surface area contributed by atoms with Crippen LogP contribution in [0, 0.1) is 17.2 Å². The molecule has 5 nitrogen and oxygen atoms in total. The first-order valence-electron chi connectivity index (χ1n) is 7.35. The van der Waals surface area contributed by atoms with E-state index in [0.29, 0.717) is 13.0 Å². The van der Waals surface area contributed by atoms with Crippen molar-refractivity contribution in [3.63, 3.8) is 0 Å². The zero-order valence-corrected chi connectivity index (χ0v) is 12.3. The van der Waals surface area contributed by atoms with Gasteiger partial charge in [0.1, 0.15) is 0 Å². The van der Waals surface area contributed by atoms with Crippen LogP contribution in [0.3, 0.4) is 0 Å². The van der Waals surface area contributed by atoms with Gasteiger partial charge in [0, 0.05) is 13.1 Å². The third-order valence-electron chi connectivity index (χ3n) is 5.00. The van der Waals surface area contributed by atoms with E-state index < -0.39 is 23.1 Å². The van der Waals surface area contributed by atoms with Crippen molar-refractivity contribution in [3.8, 4) is 5.75 Å². The maximum atomic E-state index is 14.2. The summed E-state index contributed by atoms with van der Waals surface area (Å²) in [6, 6.07) is 4.41. The molecule has 0 aromatic heterocycles. The molecule has 0 spiro atoms. The van der Waals surface area contributed by atoms with E-state index in [4.69, 9.17) is 4.74 Å². The third kappa shape index (κ3) is 2.05. The molecule has 118 valence electrons. The number of benzene rings is 1. The average Bonchev–Trinajstić information content (AvgIpc) is 3.04. The molecule has 0 bridgehead atoms. The third-order valence-corrected chi connectivity index (χ3v) is 5.00. The molecular formula is C16H18FNO4. The van der Waals surface area contributed by atoms with Crippen molar-refractivity contribution in [3.05, 3.63) is 29.6 Å². The Morgan fingerprint density at radius 3 is 2.86 bits per heavy atom. The van der Waals surface area contributed by atoms with Gasteiger partial charge in [-0.3, -0.25) is 9.59 Å². The van der Waals surface area contributed by atoms with Crippen LogP contribution in [0.2, 0.25) is 0 Å². The number of methoxy groups -OCH3 is 1. The number of nitrogens with zero attached hydrogens (tertiary/aromatic N) is 1. The Hall–Kier alpha value is -2.11. The molecule has 2 aliphatic rings. The first-order chi connectivity index (χ1) is 10.5. The summed E-state index contributed by atoms with van der Waals surface area (Å²) in [5.41, 5.74) is -0.926. The normalized spacial score (nSPS) is 26.8. The van der Waals surface area contributed by atoms with Crippen LogP contribution in [-0.4, -0.2) is 42.1 Å². The number of ether oxygens (including phenoxy) is 1. The highest BCUT2D eigenvalue weighted by atomic mass is 19.1. The first-order valence-corrected chi connectivity index (χ1v) is 7.35. The molecule has 1 saturated carbocycles. The standard InChI is InChI=1S/C16H18FNO4/c1-22-12-6-2-5-11(13(12)17)14(19)18-8-10-4-3-7-16(10,9-18)15(20)21/h2,5-6,10H,3-4,7-9H2,1H3,(H,20,21)/t10-,16+/m0/s1. The summed E-state index contributed by atoms with van der Waals surface area (Å²) in [4.78, 5) is 25.7. The second-order valence-electron chi connectivity index (χ2n) is 6.06. The van der Waals surface area contributed by atoms with Crippen LogP contribution in [0.4, 0.5) is 4.39 Å². The van der Waals surface area contributed by atoms with Crippen LogP contribution in [0.25, 0.3) is 0 Å². The minimum Gasteiger partial charge on any atom is -0.494 e. The van der Waals surface area contributed by atoms with Crippen molar-refractivity contribution in [2.45, 2.75) is 19.3 Å². The van der Waals surface area contributed by atoms with Crippen LogP contribution in [0.1, 0.15) is 29.6 Å². The van der Waals surface area contributed by atoms with E-state index in [0.717, 1.165) is 12.8 Å². The summed E-state index contributed by atoms with van der Waals surface area (Å²) in [5.74, 6) is -2.04. The molecule has 1 aliphatic heterocycles. The SMILES string of the molecule is COc1cccc(C(=O)N2C[C@@H]3CCC[C@@]3(C(=O)O)C2)c1F. The number of fused-ring (bicyclic) bond motifs is 1. The maximum absolute atomic E-state index is 14.2. The predicted molar refractivity (Wildman–Crippen MR) is 76.3 cm³/mol. The van der Waals surface area contributed by atoms with Gasteiger partial charge in [0.25, 0.3) is 5.91 Å². The fourth-order valence-corrected chi connectivity index (χ4v) is 3.80. The van der Waals surface area contributed by atoms with Crippen molar-refractivity contribution in [2.75, 3.05) is 20.2 Å². The van der Waals surface area contributed by atoms with E-state index in [1.807, 2.05) is 0 Å². The molecule has 2 fully saturated rings. The summed E-state index contributed by atoms with van der Waals surface area (Å²) in [6.45, 7) is 0.532. The highest BCUT2D eigenvalue weighted by molar-refractivity contribution is 5.96. The van der Waals surface area contributed by atoms with Crippen LogP contribution < -0.4 is 4.74 Å². The molecular weight excluding hydrogens is 289 g/mol. The fraction of sp³-hybridized carbons (Fsp3) is 0.500. The molecule has 1 heterocycles. The second kappa shape index (κ2) is 5.26. The number of hydrogen-bond donors (Lipinski definition) is 1. The van der Waals surface area contributed by atoms with E-state index in [-0.39, 0.29) is 23.8 Å². The summed E-state index contributed by atoms with van der Waals surface area (Å²) < 4.78 is 19.1. The highest BCUT2D eigenvalue weighted by Crippen LogP contribution is 2.49. The van der Waals surface area contributed by atoms with E-state index in [9.17, 15) is 19.1 Å². The number of carboxylic acid groups (broad SMARTS) is 1. The smallest absolute Gasteiger partial charge is 0.311 e. The zero-order chi connectivity index (χ0) is 15.9. The van der Waals surface area contributed by atoms with Crippen LogP contribution in [0.5, 0.6) is 5.75 Å². The van der Waals surface area contributed by atoms with Gasteiger partial charge in [0.15, 0.2) is 11.6 Å². The van der Waals surface area contributed by atoms with Gasteiger partial charge in [0.05, 0.1) is 18.1 Å². The van der Waals surface area contributed by atoms with Gasteiger partial charge >= 0.3 is 5.97 Å². The number of carbonyl (C=O) groups excluding carboxylic acids is 1. The summed E-state index contributed by atoms with van der Waals surface area (Å²) in [7, 11) is 1.34. The minimum absolute atomic E-state index is 0.0122. The van der Waals surface area contributed by atoms with Crippen molar-refractivity contribution < 1.29 is 23.8 Å². The average molecular weight is 307 g/mol. The Bertz CT molecular complexity index is 633. The largest absolute Gasteiger partial charge is 0.494 e. The van der Waals surface area contributed by atoms with Gasteiger partial charge in [-0.25, -0.2) is 4.39 Å². The molecule has 2 atom stereocenters. The van der Waals surface area contributed by atoms with Gasteiger partial charge in [-0.1, -0.05) is 12.5 Å². The number of halogens is 1. The first kappa shape index (κ1) is 14.8. The van der Waals surface area contributed by atoms with E-state index in [2.05, 4.69) is 0 Å². The van der Waals surface area contributed by atoms with Crippen LogP contribution in [0.15, 0.2) is 18.2 Å². The molecule has 1 aliphatic carbocycles. The lowest BCUT2D eigenvalue weighted by Crippen LogP contribution is -2.37. The van der Waals surface area contributed by atoms with E-state index >= 15 is 0 Å². The lowest BCUT2D eigenvalue weighted by Gasteiger charge is -2.23. The topological polar surface area (TPSA) is 66.8 Å². The number of carboxylic acids is 1. The number of likely N-dealkylation sites (tertiary alicyclic amines) is 1. The van der Waals surface area contributed by atoms with Crippen molar-refractivity contribution in [1.29, 1.82) is 0 Å². The predicted octanol–water partition coefficient (Wildman–Crippen LogP) is 2.16. The Kier molecular flexibility index (Phi) is 3.54. The summed E-state index contributed by atoms with van der Waals surface area (Å²) in [5, 5.41) is 9.55. The highest BCUT2D eigenvalue weighted by Gasteiger charge is 2.55. The van der Waals surface area contributed by atoms with Gasteiger partial charge in [0.2, 0.25) is 0 Å². The van der Waals surface area contributed by atoms with E-state index in [1.165, 1.54) is 24.1 Å². The van der Waals surface area contributed by atoms with Crippen molar-refractivity contribution >= 4 is 11.9 Å². The Balaban J connectivity index is 1.88. The molecule has 1 N–H and O–H groups in total. The molecule has 1 saturated heterocycles. The molecule has 0 radical (unpaired) electrons. The molecule has 6 heteroatoms. The lowest BCUT2D eigenvalue weighted by atomic mass is 9.81. The van der Waals surface area contributed by atoms with Gasteiger partial charge in [-0.15, -0.1) is 0 Å². The van der Waals surface area contributed by atoms with Crippen molar-refractivity contribution in [1.82, 2.24) is 4.90 Å². The van der Waals surface area contributed by atoms with Crippen molar-refractivity contribution in [2.24, 2.45) is 11.3 Å². The molecule has 1 aromatic rings. The second-order valence-corrected chi connectivity index (χ2v) is 6.06. The summed E-state index contributed by atoms with van der Waals surface area (Å²) in [6.07, 6.45) is 2.25. The summed E-state index contributed by atoms with van der Waals surface area (Å²) >= 11 is 0. The minimum atomic E-state index is -0.856. The van der Waals surface area contributed by atoms with Gasteiger partial charge < -0.3 is 14.7 Å². The quantitative estimate of drug-likeness (QED) is 0.929. The molecule has 1 aromatic carbocycles. The Labute approximate surface area is 127 Å². The fourth-order valence-electron chi connectivity index (χ4n) is 3.80. The Morgan fingerprint density at radius 1 is 1.45 bits per heavy atom. The number of rotatable bonds is 3. The van der Waals surface area contributed by atoms with E-state index in [1.54, 1.807) is 6.07 Å². The van der Waals surface area contributed by atoms with Gasteiger partial charge in [-0.2, -0.15) is 0 Å². The molecule has 3 rings (SSSR count). The number of hydrogen-bond acceptors (Lipinski definition) is 3. The molecule has 1 amide bonds. The number of aliphatic carboxylic acids is 1. The monoisotopic (exact) mass is 307 g/mol. The van der Waals surface area contributed by atoms with Gasteiger partial charge in [-0.05, 0) is 30.9 Å². The maximum Gasteiger partial charge on any atom is 0.311 e. The molecule has 0 unspecified atom stereocenters. The number of carbonyl (C=O) groups is 2.